The highest BCUT2D eigenvalue weighted by atomic mass is 31.2. The van der Waals surface area contributed by atoms with Crippen LogP contribution in [-0.2, 0) is 18.4 Å². The molecule has 0 aliphatic carbocycles. The molecule has 8 nitrogen and oxygen atoms in total. The number of carbonyl (C=O) groups excluding carboxylic acids is 1. The second kappa shape index (κ2) is 48.0. The van der Waals surface area contributed by atoms with Crippen LogP contribution in [0.15, 0.2) is 72.9 Å². The van der Waals surface area contributed by atoms with E-state index in [1.165, 1.54) is 148 Å². The third-order valence-electron chi connectivity index (χ3n) is 11.9. The first-order chi connectivity index (χ1) is 32.0. The molecule has 0 bridgehead atoms. The van der Waals surface area contributed by atoms with Gasteiger partial charge in [-0.2, -0.15) is 0 Å². The second-order valence-electron chi connectivity index (χ2n) is 19.6. The molecule has 1 amide bonds. The molecule has 0 aliphatic rings. The van der Waals surface area contributed by atoms with Crippen LogP contribution in [0.4, 0.5) is 0 Å². The van der Waals surface area contributed by atoms with Crippen LogP contribution in [0.2, 0.25) is 0 Å². The van der Waals surface area contributed by atoms with Gasteiger partial charge in [-0.25, -0.2) is 4.57 Å². The molecule has 384 valence electrons. The summed E-state index contributed by atoms with van der Waals surface area (Å²) in [5.74, 6) is -0.200. The monoisotopic (exact) mass is 946 g/mol. The Balaban J connectivity index is 4.37. The van der Waals surface area contributed by atoms with E-state index >= 15 is 0 Å². The lowest BCUT2D eigenvalue weighted by Gasteiger charge is -2.25. The van der Waals surface area contributed by atoms with Crippen molar-refractivity contribution in [2.45, 2.75) is 244 Å². The molecule has 0 aliphatic heterocycles. The molecule has 0 radical (unpaired) electrons. The molecule has 0 aromatic rings. The summed E-state index contributed by atoms with van der Waals surface area (Å²) in [4.78, 5) is 23.3. The highest BCUT2D eigenvalue weighted by Gasteiger charge is 2.27. The molecule has 0 spiro atoms. The molecule has 9 heteroatoms. The van der Waals surface area contributed by atoms with E-state index in [2.05, 4.69) is 79.9 Å². The number of phosphoric ester groups is 1. The van der Waals surface area contributed by atoms with E-state index in [0.717, 1.165) is 64.2 Å². The predicted molar refractivity (Wildman–Crippen MR) is 286 cm³/mol. The Morgan fingerprint density at radius 2 is 0.879 bits per heavy atom. The van der Waals surface area contributed by atoms with Gasteiger partial charge >= 0.3 is 7.82 Å². The molecular weight excluding hydrogens is 840 g/mol. The van der Waals surface area contributed by atoms with Crippen molar-refractivity contribution in [2.75, 3.05) is 40.9 Å². The Hall–Kier alpha value is -2.06. The summed E-state index contributed by atoms with van der Waals surface area (Å²) in [6, 6.07) is -0.878. The molecule has 0 saturated heterocycles. The molecule has 0 heterocycles. The van der Waals surface area contributed by atoms with Gasteiger partial charge in [-0.15, -0.1) is 0 Å². The smallest absolute Gasteiger partial charge is 0.387 e. The molecule has 3 N–H and O–H groups in total. The highest BCUT2D eigenvalue weighted by Crippen LogP contribution is 2.43. The Kier molecular flexibility index (Phi) is 46.5. The normalized spacial score (nSPS) is 14.6. The summed E-state index contributed by atoms with van der Waals surface area (Å²) < 4.78 is 23.7. The molecule has 3 unspecified atom stereocenters. The minimum absolute atomic E-state index is 0.0489. The molecule has 0 aromatic carbocycles. The maximum absolute atomic E-state index is 13.0. The molecule has 0 fully saturated rings. The Morgan fingerprint density at radius 3 is 1.32 bits per heavy atom. The van der Waals surface area contributed by atoms with E-state index < -0.39 is 20.0 Å². The van der Waals surface area contributed by atoms with Crippen LogP contribution in [0.5, 0.6) is 0 Å². The minimum atomic E-state index is -4.36. The molecule has 3 atom stereocenters. The third kappa shape index (κ3) is 49.8. The summed E-state index contributed by atoms with van der Waals surface area (Å²) in [5, 5.41) is 13.9. The lowest BCUT2D eigenvalue weighted by molar-refractivity contribution is -0.870. The topological polar surface area (TPSA) is 105 Å². The number of quaternary nitrogens is 1. The quantitative estimate of drug-likeness (QED) is 0.0243. The minimum Gasteiger partial charge on any atom is -0.387 e. The van der Waals surface area contributed by atoms with Crippen LogP contribution in [0.1, 0.15) is 232 Å². The number of nitrogens with one attached hydrogen (secondary N) is 1. The number of carbonyl (C=O) groups is 1. The largest absolute Gasteiger partial charge is 0.472 e. The Labute approximate surface area is 408 Å². The second-order valence-corrected chi connectivity index (χ2v) is 21.0. The average molecular weight is 946 g/mol. The zero-order chi connectivity index (χ0) is 48.5. The van der Waals surface area contributed by atoms with Crippen LogP contribution in [0.25, 0.3) is 0 Å². The van der Waals surface area contributed by atoms with Gasteiger partial charge in [0.1, 0.15) is 13.2 Å². The standard InChI is InChI=1S/C57H105N2O6P/c1-6-8-10-12-14-16-18-20-22-24-26-28-29-31-33-35-37-39-41-43-45-47-49-51-57(61)58-55(54-65-66(62,63)64-53-52-59(3,4)5)56(60)50-48-46-44-42-40-38-36-34-32-30-27-25-23-21-19-17-15-13-11-9-7-2/h18,20,24,26,29,31-32,34,40,42,48,50,55-56,60H,6-17,19,21-23,25,27-28,30,33,35-39,41,43-47,49,51-54H2,1-5H3,(H-,58,61,62,63)/p+1/b20-18-,26-24-,31-29-,34-32+,42-40+,50-48+. The fourth-order valence-electron chi connectivity index (χ4n) is 7.55. The number of allylic oxidation sites excluding steroid dienone is 11. The number of hydrogen-bond donors (Lipinski definition) is 3. The molecule has 0 rings (SSSR count). The van der Waals surface area contributed by atoms with Crippen molar-refractivity contribution in [3.05, 3.63) is 72.9 Å². The number of unbranched alkanes of at least 4 members (excludes halogenated alkanes) is 26. The third-order valence-corrected chi connectivity index (χ3v) is 12.9. The van der Waals surface area contributed by atoms with Crippen molar-refractivity contribution in [1.82, 2.24) is 5.32 Å². The average Bonchev–Trinajstić information content (AvgIpc) is 3.28. The summed E-state index contributed by atoms with van der Waals surface area (Å²) in [6.45, 7) is 4.77. The fraction of sp³-hybridized carbons (Fsp3) is 0.772. The van der Waals surface area contributed by atoms with Gasteiger partial charge in [0.15, 0.2) is 0 Å². The van der Waals surface area contributed by atoms with Crippen molar-refractivity contribution in [2.24, 2.45) is 0 Å². The first kappa shape index (κ1) is 63.9. The SMILES string of the molecule is CCCCCCC/C=C\C/C=C\C/C=C\CCCCCCCCCCC(=O)NC(COP(=O)(O)OCC[N+](C)(C)C)C(O)/C=C/CC/C=C/CC/C=C/CCCCCCCCCCCCC. The maximum Gasteiger partial charge on any atom is 0.472 e. The van der Waals surface area contributed by atoms with Crippen LogP contribution in [-0.4, -0.2) is 73.4 Å². The lowest BCUT2D eigenvalue weighted by atomic mass is 10.1. The molecular formula is C57H106N2O6P+. The number of amides is 1. The zero-order valence-electron chi connectivity index (χ0n) is 43.7. The Bertz CT molecular complexity index is 1300. The zero-order valence-corrected chi connectivity index (χ0v) is 44.6. The molecule has 0 aromatic heterocycles. The van der Waals surface area contributed by atoms with Crippen LogP contribution in [0, 0.1) is 0 Å². The van der Waals surface area contributed by atoms with Gasteiger partial charge in [-0.05, 0) is 83.5 Å². The number of aliphatic hydroxyl groups excluding tert-OH is 1. The first-order valence-corrected chi connectivity index (χ1v) is 28.8. The van der Waals surface area contributed by atoms with Crippen molar-refractivity contribution in [1.29, 1.82) is 0 Å². The summed E-state index contributed by atoms with van der Waals surface area (Å²) >= 11 is 0. The van der Waals surface area contributed by atoms with Gasteiger partial charge in [-0.3, -0.25) is 13.8 Å². The van der Waals surface area contributed by atoms with Crippen molar-refractivity contribution >= 4 is 13.7 Å². The summed E-state index contributed by atoms with van der Waals surface area (Å²) in [7, 11) is 1.53. The van der Waals surface area contributed by atoms with Gasteiger partial charge in [0.25, 0.3) is 0 Å². The number of likely N-dealkylation sites (N-methyl/N-ethyl adjacent to an activating group) is 1. The van der Waals surface area contributed by atoms with Crippen molar-refractivity contribution < 1.29 is 32.9 Å². The van der Waals surface area contributed by atoms with E-state index in [1.807, 2.05) is 27.2 Å². The van der Waals surface area contributed by atoms with E-state index in [9.17, 15) is 19.4 Å². The lowest BCUT2D eigenvalue weighted by Crippen LogP contribution is -2.45. The molecule has 0 saturated carbocycles. The van der Waals surface area contributed by atoms with E-state index in [-0.39, 0.29) is 19.1 Å². The fourth-order valence-corrected chi connectivity index (χ4v) is 8.29. The van der Waals surface area contributed by atoms with Crippen LogP contribution in [0.3, 0.4) is 0 Å². The van der Waals surface area contributed by atoms with Crippen molar-refractivity contribution in [3.8, 4) is 0 Å². The highest BCUT2D eigenvalue weighted by molar-refractivity contribution is 7.47. The number of rotatable bonds is 49. The number of nitrogens with zero attached hydrogens (tertiary/aromatic N) is 1. The van der Waals surface area contributed by atoms with Gasteiger partial charge in [0, 0.05) is 6.42 Å². The van der Waals surface area contributed by atoms with Crippen LogP contribution >= 0.6 is 7.82 Å². The van der Waals surface area contributed by atoms with Gasteiger partial charge in [0.2, 0.25) is 5.91 Å². The van der Waals surface area contributed by atoms with Crippen molar-refractivity contribution in [3.63, 3.8) is 0 Å². The molecule has 66 heavy (non-hydrogen) atoms. The maximum atomic E-state index is 13.0. The number of phosphoric acid groups is 1. The Morgan fingerprint density at radius 1 is 0.515 bits per heavy atom. The van der Waals surface area contributed by atoms with E-state index in [4.69, 9.17) is 9.05 Å². The number of aliphatic hydroxyl groups is 1. The first-order valence-electron chi connectivity index (χ1n) is 27.3. The summed E-state index contributed by atoms with van der Waals surface area (Å²) in [6.07, 6.45) is 65.6. The van der Waals surface area contributed by atoms with Gasteiger partial charge in [0.05, 0.1) is 39.9 Å². The van der Waals surface area contributed by atoms with Crippen LogP contribution < -0.4 is 5.32 Å². The summed E-state index contributed by atoms with van der Waals surface area (Å²) in [5.41, 5.74) is 0. The predicted octanol–water partition coefficient (Wildman–Crippen LogP) is 16.3. The van der Waals surface area contributed by atoms with E-state index in [1.54, 1.807) is 6.08 Å². The van der Waals surface area contributed by atoms with Gasteiger partial charge < -0.3 is 19.8 Å². The number of hydrogen-bond acceptors (Lipinski definition) is 5. The van der Waals surface area contributed by atoms with E-state index in [0.29, 0.717) is 17.4 Å². The van der Waals surface area contributed by atoms with Gasteiger partial charge in [-0.1, -0.05) is 215 Å².